The van der Waals surface area contributed by atoms with Crippen molar-refractivity contribution in [2.45, 2.75) is 46.8 Å². The number of hydrogen-bond donors (Lipinski definition) is 3. The summed E-state index contributed by atoms with van der Waals surface area (Å²) in [6, 6.07) is 7.85. The van der Waals surface area contributed by atoms with Crippen molar-refractivity contribution in [1.29, 1.82) is 0 Å². The molecule has 6 nitrogen and oxygen atoms in total. The number of halogens is 1. The third-order valence-electron chi connectivity index (χ3n) is 4.00. The van der Waals surface area contributed by atoms with Crippen molar-refractivity contribution in [2.75, 3.05) is 33.4 Å². The number of hydrogen-bond acceptors (Lipinski definition) is 4. The van der Waals surface area contributed by atoms with Crippen molar-refractivity contribution in [2.24, 2.45) is 10.4 Å². The summed E-state index contributed by atoms with van der Waals surface area (Å²) >= 11 is 0. The number of aliphatic hydroxyl groups is 1. The number of nitrogens with zero attached hydrogens (tertiary/aromatic N) is 1. The van der Waals surface area contributed by atoms with Gasteiger partial charge >= 0.3 is 0 Å². The fourth-order valence-electron chi connectivity index (χ4n) is 2.10. The molecule has 0 saturated heterocycles. The lowest BCUT2D eigenvalue weighted by molar-refractivity contribution is 0.0668. The fraction of sp³-hybridized carbons (Fsp3) is 0.650. The Morgan fingerprint density at radius 1 is 1.19 bits per heavy atom. The first-order valence-corrected chi connectivity index (χ1v) is 9.27. The predicted octanol–water partition coefficient (Wildman–Crippen LogP) is 3.18. The van der Waals surface area contributed by atoms with Crippen LogP contribution in [-0.4, -0.2) is 50.6 Å². The average molecular weight is 493 g/mol. The second-order valence-corrected chi connectivity index (χ2v) is 7.25. The quantitative estimate of drug-likeness (QED) is 0.202. The largest absolute Gasteiger partial charge is 0.497 e. The zero-order valence-electron chi connectivity index (χ0n) is 17.2. The van der Waals surface area contributed by atoms with E-state index >= 15 is 0 Å². The van der Waals surface area contributed by atoms with E-state index in [0.717, 1.165) is 37.5 Å². The van der Waals surface area contributed by atoms with Crippen molar-refractivity contribution in [3.63, 3.8) is 0 Å². The van der Waals surface area contributed by atoms with Crippen LogP contribution in [0.1, 0.15) is 39.7 Å². The molecule has 0 aliphatic heterocycles. The van der Waals surface area contributed by atoms with Crippen LogP contribution in [0, 0.1) is 5.41 Å². The van der Waals surface area contributed by atoms with Crippen LogP contribution in [0.4, 0.5) is 0 Å². The van der Waals surface area contributed by atoms with Gasteiger partial charge in [-0.2, -0.15) is 0 Å². The molecule has 1 aromatic rings. The van der Waals surface area contributed by atoms with Gasteiger partial charge in [0.25, 0.3) is 0 Å². The number of aliphatic hydroxyl groups excluding tert-OH is 1. The highest BCUT2D eigenvalue weighted by molar-refractivity contribution is 14.0. The summed E-state index contributed by atoms with van der Waals surface area (Å²) in [6.45, 7) is 11.3. The number of rotatable bonds is 10. The van der Waals surface area contributed by atoms with E-state index in [1.54, 1.807) is 7.11 Å². The van der Waals surface area contributed by atoms with Crippen LogP contribution in [0.5, 0.6) is 5.75 Å². The SMILES string of the molecule is CCOCCCNC(=NCc1ccc(OC)cc1)NCC(O)C(C)(C)C.I. The third-order valence-corrected chi connectivity index (χ3v) is 4.00. The Kier molecular flexibility index (Phi) is 13.5. The molecule has 7 heteroatoms. The van der Waals surface area contributed by atoms with Crippen molar-refractivity contribution in [3.05, 3.63) is 29.8 Å². The minimum Gasteiger partial charge on any atom is -0.497 e. The second kappa shape index (κ2) is 14.0. The molecule has 0 spiro atoms. The normalized spacial score (nSPS) is 12.9. The Hall–Kier alpha value is -1.06. The van der Waals surface area contributed by atoms with E-state index in [4.69, 9.17) is 9.47 Å². The van der Waals surface area contributed by atoms with Gasteiger partial charge < -0.3 is 25.2 Å². The van der Waals surface area contributed by atoms with E-state index in [-0.39, 0.29) is 29.4 Å². The number of benzene rings is 1. The van der Waals surface area contributed by atoms with Crippen molar-refractivity contribution < 1.29 is 14.6 Å². The Balaban J connectivity index is 0.00000676. The molecule has 156 valence electrons. The molecular formula is C20H36IN3O3. The zero-order valence-corrected chi connectivity index (χ0v) is 19.6. The maximum atomic E-state index is 10.2. The van der Waals surface area contributed by atoms with Crippen LogP contribution in [-0.2, 0) is 11.3 Å². The molecule has 27 heavy (non-hydrogen) atoms. The lowest BCUT2D eigenvalue weighted by Crippen LogP contribution is -2.45. The Morgan fingerprint density at radius 2 is 1.85 bits per heavy atom. The van der Waals surface area contributed by atoms with E-state index in [1.165, 1.54) is 0 Å². The predicted molar refractivity (Wildman–Crippen MR) is 122 cm³/mol. The molecule has 0 heterocycles. The standard InChI is InChI=1S/C20H35N3O3.HI/c1-6-26-13-7-12-21-19(23-15-18(24)20(2,3)4)22-14-16-8-10-17(25-5)11-9-16;/h8-11,18,24H,6-7,12-15H2,1-5H3,(H2,21,22,23);1H. The monoisotopic (exact) mass is 493 g/mol. The van der Waals surface area contributed by atoms with Crippen LogP contribution in [0.2, 0.25) is 0 Å². The van der Waals surface area contributed by atoms with Crippen LogP contribution >= 0.6 is 24.0 Å². The average Bonchev–Trinajstić information content (AvgIpc) is 2.62. The molecule has 1 aromatic carbocycles. The van der Waals surface area contributed by atoms with Crippen molar-refractivity contribution in [1.82, 2.24) is 10.6 Å². The van der Waals surface area contributed by atoms with E-state index in [0.29, 0.717) is 19.0 Å². The molecule has 0 fully saturated rings. The summed E-state index contributed by atoms with van der Waals surface area (Å²) in [4.78, 5) is 4.62. The highest BCUT2D eigenvalue weighted by Gasteiger charge is 2.21. The van der Waals surface area contributed by atoms with E-state index in [9.17, 15) is 5.11 Å². The zero-order chi connectivity index (χ0) is 19.4. The summed E-state index contributed by atoms with van der Waals surface area (Å²) in [5, 5.41) is 16.8. The summed E-state index contributed by atoms with van der Waals surface area (Å²) in [7, 11) is 1.65. The van der Waals surface area contributed by atoms with Gasteiger partial charge in [-0.1, -0.05) is 32.9 Å². The number of methoxy groups -OCH3 is 1. The van der Waals surface area contributed by atoms with Crippen molar-refractivity contribution >= 4 is 29.9 Å². The first kappa shape index (κ1) is 25.9. The van der Waals surface area contributed by atoms with Gasteiger partial charge in [0, 0.05) is 26.3 Å². The first-order valence-electron chi connectivity index (χ1n) is 9.27. The van der Waals surface area contributed by atoms with Gasteiger partial charge in [-0.15, -0.1) is 24.0 Å². The molecular weight excluding hydrogens is 457 g/mol. The van der Waals surface area contributed by atoms with Crippen LogP contribution in [0.25, 0.3) is 0 Å². The van der Waals surface area contributed by atoms with Crippen LogP contribution in [0.15, 0.2) is 29.3 Å². The maximum Gasteiger partial charge on any atom is 0.191 e. The minimum atomic E-state index is -0.459. The first-order chi connectivity index (χ1) is 12.4. The van der Waals surface area contributed by atoms with Crippen LogP contribution < -0.4 is 15.4 Å². The summed E-state index contributed by atoms with van der Waals surface area (Å²) in [5.74, 6) is 1.53. The van der Waals surface area contributed by atoms with Gasteiger partial charge in [0.15, 0.2) is 5.96 Å². The van der Waals surface area contributed by atoms with Gasteiger partial charge in [-0.25, -0.2) is 4.99 Å². The number of guanidine groups is 1. The van der Waals surface area contributed by atoms with Gasteiger partial charge in [0.2, 0.25) is 0 Å². The highest BCUT2D eigenvalue weighted by Crippen LogP contribution is 2.18. The molecule has 1 unspecified atom stereocenters. The Morgan fingerprint density at radius 3 is 2.41 bits per heavy atom. The molecule has 0 saturated carbocycles. The molecule has 1 atom stereocenters. The Labute approximate surface area is 181 Å². The molecule has 0 aromatic heterocycles. The van der Waals surface area contributed by atoms with Gasteiger partial charge in [-0.05, 0) is 36.5 Å². The highest BCUT2D eigenvalue weighted by atomic mass is 127. The van der Waals surface area contributed by atoms with E-state index < -0.39 is 6.10 Å². The molecule has 3 N–H and O–H groups in total. The number of aliphatic imine (C=N–C) groups is 1. The third kappa shape index (κ3) is 11.4. The van der Waals surface area contributed by atoms with E-state index in [1.807, 2.05) is 52.0 Å². The molecule has 0 aliphatic rings. The minimum absolute atomic E-state index is 0. The van der Waals surface area contributed by atoms with Crippen molar-refractivity contribution in [3.8, 4) is 5.75 Å². The molecule has 0 aliphatic carbocycles. The molecule has 0 amide bonds. The van der Waals surface area contributed by atoms with E-state index in [2.05, 4.69) is 15.6 Å². The second-order valence-electron chi connectivity index (χ2n) is 7.25. The summed E-state index contributed by atoms with van der Waals surface area (Å²) in [5.41, 5.74) is 0.917. The topological polar surface area (TPSA) is 75.1 Å². The summed E-state index contributed by atoms with van der Waals surface area (Å²) < 4.78 is 10.5. The van der Waals surface area contributed by atoms with Gasteiger partial charge in [0.05, 0.1) is 19.8 Å². The summed E-state index contributed by atoms with van der Waals surface area (Å²) in [6.07, 6.45) is 0.442. The Bertz CT molecular complexity index is 530. The lowest BCUT2D eigenvalue weighted by Gasteiger charge is -2.26. The fourth-order valence-corrected chi connectivity index (χ4v) is 2.10. The smallest absolute Gasteiger partial charge is 0.191 e. The van der Waals surface area contributed by atoms with Gasteiger partial charge in [0.1, 0.15) is 5.75 Å². The number of ether oxygens (including phenoxy) is 2. The van der Waals surface area contributed by atoms with Crippen LogP contribution in [0.3, 0.4) is 0 Å². The lowest BCUT2D eigenvalue weighted by atomic mass is 9.89. The van der Waals surface area contributed by atoms with Gasteiger partial charge in [-0.3, -0.25) is 0 Å². The molecule has 0 radical (unpaired) electrons. The molecule has 1 rings (SSSR count). The number of nitrogens with one attached hydrogen (secondary N) is 2. The molecule has 0 bridgehead atoms. The maximum absolute atomic E-state index is 10.2.